The van der Waals surface area contributed by atoms with E-state index in [0.717, 1.165) is 6.42 Å². The van der Waals surface area contributed by atoms with E-state index in [4.69, 9.17) is 5.11 Å². The first-order chi connectivity index (χ1) is 10.2. The van der Waals surface area contributed by atoms with E-state index < -0.39 is 5.97 Å². The summed E-state index contributed by atoms with van der Waals surface area (Å²) in [4.78, 5) is 13.2. The maximum atomic E-state index is 10.6. The van der Waals surface area contributed by atoms with Gasteiger partial charge in [0.25, 0.3) is 0 Å². The van der Waals surface area contributed by atoms with Gasteiger partial charge in [0, 0.05) is 6.42 Å². The van der Waals surface area contributed by atoms with Crippen molar-refractivity contribution in [1.29, 1.82) is 0 Å². The van der Waals surface area contributed by atoms with Crippen molar-refractivity contribution in [3.63, 3.8) is 0 Å². The SMILES string of the molecule is CCCCCCCCCCN1CCC(CCC(=O)O)CC1. The fourth-order valence-electron chi connectivity index (χ4n) is 3.30. The second-order valence-electron chi connectivity index (χ2n) is 6.69. The molecule has 0 atom stereocenters. The standard InChI is InChI=1S/C18H35NO2/c1-2-3-4-5-6-7-8-9-14-19-15-12-17(13-16-19)10-11-18(20)21/h17H,2-16H2,1H3,(H,20,21). The molecule has 0 unspecified atom stereocenters. The Kier molecular flexibility index (Phi) is 10.6. The van der Waals surface area contributed by atoms with Gasteiger partial charge in [-0.05, 0) is 51.2 Å². The fourth-order valence-corrected chi connectivity index (χ4v) is 3.30. The Bertz CT molecular complexity index is 260. The highest BCUT2D eigenvalue weighted by molar-refractivity contribution is 5.66. The van der Waals surface area contributed by atoms with E-state index >= 15 is 0 Å². The lowest BCUT2D eigenvalue weighted by molar-refractivity contribution is -0.137. The molecule has 0 aliphatic carbocycles. The first kappa shape index (κ1) is 18.5. The van der Waals surface area contributed by atoms with Crippen LogP contribution in [0.3, 0.4) is 0 Å². The molecular weight excluding hydrogens is 262 g/mol. The number of nitrogens with zero attached hydrogens (tertiary/aromatic N) is 1. The van der Waals surface area contributed by atoms with Crippen molar-refractivity contribution in [2.75, 3.05) is 19.6 Å². The molecule has 1 heterocycles. The van der Waals surface area contributed by atoms with Crippen LogP contribution in [-0.4, -0.2) is 35.6 Å². The monoisotopic (exact) mass is 297 g/mol. The number of hydrogen-bond acceptors (Lipinski definition) is 2. The number of carbonyl (C=O) groups is 1. The van der Waals surface area contributed by atoms with Crippen LogP contribution in [-0.2, 0) is 4.79 Å². The molecule has 1 N–H and O–H groups in total. The van der Waals surface area contributed by atoms with Gasteiger partial charge in [0.05, 0.1) is 0 Å². The molecule has 0 saturated carbocycles. The largest absolute Gasteiger partial charge is 0.481 e. The molecule has 3 nitrogen and oxygen atoms in total. The zero-order valence-electron chi connectivity index (χ0n) is 14.0. The van der Waals surface area contributed by atoms with Crippen LogP contribution < -0.4 is 0 Å². The highest BCUT2D eigenvalue weighted by Crippen LogP contribution is 2.22. The molecule has 1 saturated heterocycles. The van der Waals surface area contributed by atoms with Crippen molar-refractivity contribution < 1.29 is 9.90 Å². The Balaban J connectivity index is 1.90. The van der Waals surface area contributed by atoms with Gasteiger partial charge in [-0.25, -0.2) is 0 Å². The van der Waals surface area contributed by atoms with Crippen molar-refractivity contribution in [3.8, 4) is 0 Å². The van der Waals surface area contributed by atoms with E-state index in [2.05, 4.69) is 11.8 Å². The van der Waals surface area contributed by atoms with Gasteiger partial charge in [-0.3, -0.25) is 4.79 Å². The molecule has 0 aromatic heterocycles. The summed E-state index contributed by atoms with van der Waals surface area (Å²) in [5.41, 5.74) is 0. The van der Waals surface area contributed by atoms with Crippen LogP contribution in [0, 0.1) is 5.92 Å². The van der Waals surface area contributed by atoms with Gasteiger partial charge in [-0.2, -0.15) is 0 Å². The maximum Gasteiger partial charge on any atom is 0.303 e. The molecule has 1 rings (SSSR count). The Morgan fingerprint density at radius 3 is 2.14 bits per heavy atom. The predicted molar refractivity (Wildman–Crippen MR) is 88.6 cm³/mol. The summed E-state index contributed by atoms with van der Waals surface area (Å²) in [6.07, 6.45) is 14.7. The van der Waals surface area contributed by atoms with Crippen LogP contribution in [0.2, 0.25) is 0 Å². The fraction of sp³-hybridized carbons (Fsp3) is 0.944. The predicted octanol–water partition coefficient (Wildman–Crippen LogP) is 4.70. The highest BCUT2D eigenvalue weighted by Gasteiger charge is 2.19. The smallest absolute Gasteiger partial charge is 0.303 e. The van der Waals surface area contributed by atoms with E-state index in [9.17, 15) is 4.79 Å². The number of aliphatic carboxylic acids is 1. The minimum atomic E-state index is -0.642. The number of hydrogen-bond donors (Lipinski definition) is 1. The van der Waals surface area contributed by atoms with Gasteiger partial charge in [0.15, 0.2) is 0 Å². The lowest BCUT2D eigenvalue weighted by Gasteiger charge is -2.31. The van der Waals surface area contributed by atoms with Gasteiger partial charge in [-0.1, -0.05) is 51.9 Å². The number of likely N-dealkylation sites (tertiary alicyclic amines) is 1. The van der Waals surface area contributed by atoms with Gasteiger partial charge in [0.1, 0.15) is 0 Å². The third-order valence-electron chi connectivity index (χ3n) is 4.80. The second kappa shape index (κ2) is 12.0. The molecule has 1 aliphatic heterocycles. The van der Waals surface area contributed by atoms with Crippen molar-refractivity contribution >= 4 is 5.97 Å². The Morgan fingerprint density at radius 2 is 1.57 bits per heavy atom. The molecule has 0 spiro atoms. The summed E-state index contributed by atoms with van der Waals surface area (Å²) in [6.45, 7) is 5.88. The third-order valence-corrected chi connectivity index (χ3v) is 4.80. The van der Waals surface area contributed by atoms with Gasteiger partial charge in [-0.15, -0.1) is 0 Å². The van der Waals surface area contributed by atoms with Crippen LogP contribution in [0.4, 0.5) is 0 Å². The van der Waals surface area contributed by atoms with E-state index in [-0.39, 0.29) is 0 Å². The molecule has 0 amide bonds. The second-order valence-corrected chi connectivity index (χ2v) is 6.69. The first-order valence-electron chi connectivity index (χ1n) is 9.16. The van der Waals surface area contributed by atoms with Gasteiger partial charge in [0.2, 0.25) is 0 Å². The Labute approximate surface area is 131 Å². The minimum Gasteiger partial charge on any atom is -0.481 e. The highest BCUT2D eigenvalue weighted by atomic mass is 16.4. The van der Waals surface area contributed by atoms with E-state index in [1.165, 1.54) is 83.8 Å². The first-order valence-corrected chi connectivity index (χ1v) is 9.16. The van der Waals surface area contributed by atoms with Gasteiger partial charge >= 0.3 is 5.97 Å². The number of rotatable bonds is 12. The Morgan fingerprint density at radius 1 is 1.00 bits per heavy atom. The summed E-state index contributed by atoms with van der Waals surface area (Å²) in [5.74, 6) is 0.00674. The lowest BCUT2D eigenvalue weighted by Crippen LogP contribution is -2.34. The number of piperidine rings is 1. The van der Waals surface area contributed by atoms with Crippen LogP contribution in [0.1, 0.15) is 84.0 Å². The summed E-state index contributed by atoms with van der Waals surface area (Å²) < 4.78 is 0. The van der Waals surface area contributed by atoms with Crippen molar-refractivity contribution in [3.05, 3.63) is 0 Å². The minimum absolute atomic E-state index is 0.350. The molecule has 21 heavy (non-hydrogen) atoms. The normalized spacial score (nSPS) is 17.2. The summed E-state index contributed by atoms with van der Waals surface area (Å²) >= 11 is 0. The van der Waals surface area contributed by atoms with Crippen LogP contribution in [0.15, 0.2) is 0 Å². The molecule has 124 valence electrons. The molecule has 3 heteroatoms. The average molecular weight is 297 g/mol. The van der Waals surface area contributed by atoms with Crippen LogP contribution >= 0.6 is 0 Å². The molecule has 0 aromatic rings. The van der Waals surface area contributed by atoms with Crippen molar-refractivity contribution in [2.45, 2.75) is 84.0 Å². The van der Waals surface area contributed by atoms with Crippen molar-refractivity contribution in [1.82, 2.24) is 4.90 Å². The zero-order chi connectivity index (χ0) is 15.3. The topological polar surface area (TPSA) is 40.5 Å². The number of carboxylic acid groups (broad SMARTS) is 1. The zero-order valence-corrected chi connectivity index (χ0v) is 14.0. The molecule has 1 aliphatic rings. The molecule has 0 bridgehead atoms. The third kappa shape index (κ3) is 9.89. The molecule has 0 aromatic carbocycles. The summed E-state index contributed by atoms with van der Waals surface area (Å²) in [6, 6.07) is 0. The summed E-state index contributed by atoms with van der Waals surface area (Å²) in [7, 11) is 0. The quantitative estimate of drug-likeness (QED) is 0.531. The maximum absolute atomic E-state index is 10.6. The van der Waals surface area contributed by atoms with Crippen LogP contribution in [0.25, 0.3) is 0 Å². The lowest BCUT2D eigenvalue weighted by atomic mass is 9.92. The van der Waals surface area contributed by atoms with Gasteiger partial charge < -0.3 is 10.0 Å². The van der Waals surface area contributed by atoms with E-state index in [1.807, 2.05) is 0 Å². The van der Waals surface area contributed by atoms with Crippen molar-refractivity contribution in [2.24, 2.45) is 5.92 Å². The number of carboxylic acids is 1. The molecule has 0 radical (unpaired) electrons. The van der Waals surface area contributed by atoms with E-state index in [0.29, 0.717) is 12.3 Å². The number of unbranched alkanes of at least 4 members (excludes halogenated alkanes) is 7. The summed E-state index contributed by atoms with van der Waals surface area (Å²) in [5, 5.41) is 8.72. The van der Waals surface area contributed by atoms with E-state index in [1.54, 1.807) is 0 Å². The average Bonchev–Trinajstić information content (AvgIpc) is 2.49. The Hall–Kier alpha value is -0.570. The van der Waals surface area contributed by atoms with Crippen LogP contribution in [0.5, 0.6) is 0 Å². The molecular formula is C18H35NO2. The molecule has 1 fully saturated rings.